The predicted molar refractivity (Wildman–Crippen MR) is 119 cm³/mol. The molecule has 5 nitrogen and oxygen atoms in total. The normalized spacial score (nSPS) is 10.9. The van der Waals surface area contributed by atoms with E-state index in [1.165, 1.54) is 0 Å². The van der Waals surface area contributed by atoms with Crippen LogP contribution in [0.25, 0.3) is 11.0 Å². The van der Waals surface area contributed by atoms with Crippen molar-refractivity contribution < 1.29 is 9.53 Å². The van der Waals surface area contributed by atoms with Crippen LogP contribution < -0.4 is 10.1 Å². The van der Waals surface area contributed by atoms with Gasteiger partial charge in [-0.15, -0.1) is 0 Å². The minimum absolute atomic E-state index is 0.0812. The van der Waals surface area contributed by atoms with E-state index in [1.54, 1.807) is 0 Å². The van der Waals surface area contributed by atoms with E-state index in [1.807, 2.05) is 79.1 Å². The minimum Gasteiger partial charge on any atom is -0.489 e. The summed E-state index contributed by atoms with van der Waals surface area (Å²) >= 11 is 0. The molecule has 1 aromatic heterocycles. The highest BCUT2D eigenvalue weighted by atomic mass is 16.5. The van der Waals surface area contributed by atoms with Crippen LogP contribution in [-0.2, 0) is 13.2 Å². The predicted octanol–water partition coefficient (Wildman–Crippen LogP) is 4.48. The number of para-hydroxylation sites is 2. The van der Waals surface area contributed by atoms with Gasteiger partial charge in [0.1, 0.15) is 12.4 Å². The molecule has 30 heavy (non-hydrogen) atoms. The zero-order valence-corrected chi connectivity index (χ0v) is 16.8. The summed E-state index contributed by atoms with van der Waals surface area (Å²) in [5, 5.41) is 3.24. The second-order valence-corrected chi connectivity index (χ2v) is 7.18. The largest absolute Gasteiger partial charge is 0.489 e. The van der Waals surface area contributed by atoms with Crippen molar-refractivity contribution in [2.45, 2.75) is 19.6 Å². The van der Waals surface area contributed by atoms with Gasteiger partial charge in [0.25, 0.3) is 0 Å². The van der Waals surface area contributed by atoms with Gasteiger partial charge in [-0.25, -0.2) is 4.98 Å². The number of hydrogen-bond acceptors (Lipinski definition) is 4. The molecule has 0 atom stereocenters. The van der Waals surface area contributed by atoms with Gasteiger partial charge in [-0.1, -0.05) is 42.5 Å². The van der Waals surface area contributed by atoms with Crippen molar-refractivity contribution >= 4 is 16.8 Å². The number of rotatable bonds is 10. The molecule has 4 aromatic rings. The summed E-state index contributed by atoms with van der Waals surface area (Å²) in [6, 6.07) is 25.5. The number of nitrogens with one attached hydrogen (secondary N) is 1. The molecule has 0 bridgehead atoms. The molecule has 0 unspecified atom stereocenters. The number of Topliss-reactive ketones (excluding diaryl/α,β-unsaturated/α-hetero) is 1. The lowest BCUT2D eigenvalue weighted by atomic mass is 10.1. The van der Waals surface area contributed by atoms with Crippen molar-refractivity contribution in [1.29, 1.82) is 0 Å². The van der Waals surface area contributed by atoms with E-state index in [0.717, 1.165) is 41.9 Å². The zero-order valence-electron chi connectivity index (χ0n) is 16.8. The first-order valence-electron chi connectivity index (χ1n) is 10.2. The van der Waals surface area contributed by atoms with Crippen LogP contribution in [-0.4, -0.2) is 28.4 Å². The number of hydrogen-bond donors (Lipinski definition) is 1. The Morgan fingerprint density at radius 1 is 0.933 bits per heavy atom. The molecule has 1 N–H and O–H groups in total. The van der Waals surface area contributed by atoms with Crippen LogP contribution in [0.2, 0.25) is 0 Å². The molecule has 152 valence electrons. The Bertz CT molecular complexity index is 1090. The summed E-state index contributed by atoms with van der Waals surface area (Å²) in [6.07, 6.45) is 2.80. The summed E-state index contributed by atoms with van der Waals surface area (Å²) in [4.78, 5) is 16.8. The fourth-order valence-electron chi connectivity index (χ4n) is 3.34. The summed E-state index contributed by atoms with van der Waals surface area (Å²) in [6.45, 7) is 2.49. The van der Waals surface area contributed by atoms with E-state index in [2.05, 4.69) is 20.9 Å². The smallest absolute Gasteiger partial charge is 0.176 e. The van der Waals surface area contributed by atoms with E-state index in [-0.39, 0.29) is 5.78 Å². The number of carbonyl (C=O) groups excluding carboxylic acids is 1. The van der Waals surface area contributed by atoms with Crippen molar-refractivity contribution in [2.24, 2.45) is 0 Å². The highest BCUT2D eigenvalue weighted by molar-refractivity contribution is 5.97. The third-order valence-corrected chi connectivity index (χ3v) is 4.99. The van der Waals surface area contributed by atoms with Gasteiger partial charge in [0.2, 0.25) is 0 Å². The van der Waals surface area contributed by atoms with Crippen LogP contribution in [0.3, 0.4) is 0 Å². The molecular weight excluding hydrogens is 374 g/mol. The summed E-state index contributed by atoms with van der Waals surface area (Å²) in [7, 11) is 0. The van der Waals surface area contributed by atoms with Crippen molar-refractivity contribution in [3.8, 4) is 5.75 Å². The lowest BCUT2D eigenvalue weighted by molar-refractivity contribution is 0.0991. The van der Waals surface area contributed by atoms with Crippen LogP contribution in [0.15, 0.2) is 85.2 Å². The van der Waals surface area contributed by atoms with Crippen molar-refractivity contribution in [3.05, 3.63) is 96.3 Å². The molecule has 0 fully saturated rings. The molecule has 0 aliphatic rings. The molecule has 5 heteroatoms. The third kappa shape index (κ3) is 5.13. The lowest BCUT2D eigenvalue weighted by Gasteiger charge is -2.08. The molecule has 0 aliphatic carbocycles. The van der Waals surface area contributed by atoms with E-state index in [0.29, 0.717) is 18.7 Å². The average Bonchev–Trinajstić information content (AvgIpc) is 3.21. The Labute approximate surface area is 176 Å². The van der Waals surface area contributed by atoms with Crippen LogP contribution in [0.1, 0.15) is 22.3 Å². The fourth-order valence-corrected chi connectivity index (χ4v) is 3.34. The van der Waals surface area contributed by atoms with Gasteiger partial charge in [-0.3, -0.25) is 4.79 Å². The maximum absolute atomic E-state index is 12.4. The number of aryl methyl sites for hydroxylation is 1. The monoisotopic (exact) mass is 399 g/mol. The molecule has 0 spiro atoms. The molecule has 1 heterocycles. The Morgan fingerprint density at radius 2 is 1.70 bits per heavy atom. The zero-order chi connectivity index (χ0) is 20.6. The Balaban J connectivity index is 1.18. The van der Waals surface area contributed by atoms with Crippen molar-refractivity contribution in [3.63, 3.8) is 0 Å². The Kier molecular flexibility index (Phi) is 6.52. The quantitative estimate of drug-likeness (QED) is 0.316. The number of ether oxygens (including phenoxy) is 1. The second-order valence-electron chi connectivity index (χ2n) is 7.18. The summed E-state index contributed by atoms with van der Waals surface area (Å²) in [5.74, 6) is 0.841. The Morgan fingerprint density at radius 3 is 2.53 bits per heavy atom. The summed E-state index contributed by atoms with van der Waals surface area (Å²) in [5.41, 5.74) is 3.96. The van der Waals surface area contributed by atoms with E-state index in [9.17, 15) is 4.79 Å². The lowest BCUT2D eigenvalue weighted by Crippen LogP contribution is -2.24. The van der Waals surface area contributed by atoms with E-state index < -0.39 is 0 Å². The Hall–Kier alpha value is -3.44. The molecule has 4 rings (SSSR count). The number of aromatic nitrogens is 2. The minimum atomic E-state index is 0.0812. The first-order valence-corrected chi connectivity index (χ1v) is 10.2. The number of imidazole rings is 1. The number of ketones is 1. The van der Waals surface area contributed by atoms with Crippen LogP contribution in [0.4, 0.5) is 0 Å². The van der Waals surface area contributed by atoms with Crippen LogP contribution in [0.5, 0.6) is 5.75 Å². The number of fused-ring (bicyclic) bond motifs is 1. The maximum Gasteiger partial charge on any atom is 0.176 e. The highest BCUT2D eigenvalue weighted by Crippen LogP contribution is 2.15. The van der Waals surface area contributed by atoms with Gasteiger partial charge in [0.05, 0.1) is 23.9 Å². The van der Waals surface area contributed by atoms with Crippen LogP contribution >= 0.6 is 0 Å². The number of benzene rings is 3. The second kappa shape index (κ2) is 9.85. The highest BCUT2D eigenvalue weighted by Gasteiger charge is 2.06. The van der Waals surface area contributed by atoms with Gasteiger partial charge < -0.3 is 14.6 Å². The van der Waals surface area contributed by atoms with Crippen molar-refractivity contribution in [1.82, 2.24) is 14.9 Å². The first-order chi connectivity index (χ1) is 14.8. The number of nitrogens with zero attached hydrogens (tertiary/aromatic N) is 2. The topological polar surface area (TPSA) is 56.2 Å². The SMILES string of the molecule is O=C(CNCCCn1cnc2ccccc21)c1ccc(OCc2ccccc2)cc1. The van der Waals surface area contributed by atoms with E-state index >= 15 is 0 Å². The van der Waals surface area contributed by atoms with E-state index in [4.69, 9.17) is 4.74 Å². The maximum atomic E-state index is 12.4. The molecular formula is C25H25N3O2. The number of carbonyl (C=O) groups is 1. The van der Waals surface area contributed by atoms with Gasteiger partial charge in [-0.2, -0.15) is 0 Å². The van der Waals surface area contributed by atoms with Crippen LogP contribution in [0, 0.1) is 0 Å². The first kappa shape index (κ1) is 19.9. The van der Waals surface area contributed by atoms with Gasteiger partial charge >= 0.3 is 0 Å². The molecule has 0 amide bonds. The van der Waals surface area contributed by atoms with Gasteiger partial charge in [0.15, 0.2) is 5.78 Å². The standard InChI is InChI=1S/C25H25N3O2/c29-25(17-26-15-6-16-28-19-27-23-9-4-5-10-24(23)28)21-11-13-22(14-12-21)30-18-20-7-2-1-3-8-20/h1-5,7-14,19,26H,6,15-18H2. The third-order valence-electron chi connectivity index (χ3n) is 4.99. The molecule has 0 saturated heterocycles. The van der Waals surface area contributed by atoms with Gasteiger partial charge in [0, 0.05) is 12.1 Å². The molecule has 0 aliphatic heterocycles. The summed E-state index contributed by atoms with van der Waals surface area (Å²) < 4.78 is 7.92. The average molecular weight is 399 g/mol. The fraction of sp³-hybridized carbons (Fsp3) is 0.200. The van der Waals surface area contributed by atoms with Gasteiger partial charge in [-0.05, 0) is 54.9 Å². The molecule has 3 aromatic carbocycles. The molecule has 0 radical (unpaired) electrons. The molecule has 0 saturated carbocycles. The van der Waals surface area contributed by atoms with Crippen molar-refractivity contribution in [2.75, 3.05) is 13.1 Å².